The van der Waals surface area contributed by atoms with Gasteiger partial charge in [-0.1, -0.05) is 12.1 Å². The lowest BCUT2D eigenvalue weighted by atomic mass is 10.1. The molecule has 0 radical (unpaired) electrons. The predicted molar refractivity (Wildman–Crippen MR) is 77.2 cm³/mol. The van der Waals surface area contributed by atoms with Crippen LogP contribution in [0, 0.1) is 0 Å². The number of carbonyl (C=O) groups is 1. The molecule has 0 amide bonds. The summed E-state index contributed by atoms with van der Waals surface area (Å²) in [4.78, 5) is 23.2. The van der Waals surface area contributed by atoms with Crippen molar-refractivity contribution in [3.63, 3.8) is 0 Å². The predicted octanol–water partition coefficient (Wildman–Crippen LogP) is 3.09. The summed E-state index contributed by atoms with van der Waals surface area (Å²) in [5.74, 6) is -0.477. The van der Waals surface area contributed by atoms with Crippen LogP contribution < -0.4 is 5.56 Å². The van der Waals surface area contributed by atoms with E-state index in [1.54, 1.807) is 19.1 Å². The van der Waals surface area contributed by atoms with E-state index in [9.17, 15) is 22.8 Å². The normalized spacial score (nSPS) is 11.3. The molecule has 0 atom stereocenters. The number of nitrogens with zero attached hydrogens (tertiary/aromatic N) is 1. The Kier molecular flexibility index (Phi) is 4.88. The minimum atomic E-state index is -4.51. The number of benzene rings is 1. The largest absolute Gasteiger partial charge is 0.462 e. The highest BCUT2D eigenvalue weighted by atomic mass is 19.4. The van der Waals surface area contributed by atoms with Gasteiger partial charge in [-0.3, -0.25) is 4.79 Å². The highest BCUT2D eigenvalue weighted by Crippen LogP contribution is 2.28. The maximum absolute atomic E-state index is 12.7. The van der Waals surface area contributed by atoms with Gasteiger partial charge < -0.3 is 9.30 Å². The fraction of sp³-hybridized carbons (Fsp3) is 0.250. The van der Waals surface area contributed by atoms with Gasteiger partial charge in [-0.05, 0) is 30.7 Å². The lowest BCUT2D eigenvalue weighted by Gasteiger charge is -2.11. The van der Waals surface area contributed by atoms with Crippen LogP contribution in [0.25, 0.3) is 0 Å². The molecule has 23 heavy (non-hydrogen) atoms. The molecule has 0 bridgehead atoms. The van der Waals surface area contributed by atoms with Crippen molar-refractivity contribution in [1.82, 2.24) is 4.57 Å². The van der Waals surface area contributed by atoms with Gasteiger partial charge in [0.05, 0.1) is 24.3 Å². The van der Waals surface area contributed by atoms with Gasteiger partial charge in [0, 0.05) is 12.3 Å². The summed E-state index contributed by atoms with van der Waals surface area (Å²) in [6, 6.07) is 7.79. The third-order valence-electron chi connectivity index (χ3n) is 3.13. The van der Waals surface area contributed by atoms with E-state index in [0.29, 0.717) is 11.1 Å². The Morgan fingerprint density at radius 2 is 1.78 bits per heavy atom. The highest BCUT2D eigenvalue weighted by molar-refractivity contribution is 5.89. The van der Waals surface area contributed by atoms with Crippen LogP contribution in [0.1, 0.15) is 28.4 Å². The minimum Gasteiger partial charge on any atom is -0.462 e. The molecule has 2 rings (SSSR count). The van der Waals surface area contributed by atoms with Crippen molar-refractivity contribution in [2.24, 2.45) is 0 Å². The first-order chi connectivity index (χ1) is 10.8. The molecule has 0 aliphatic carbocycles. The smallest absolute Gasteiger partial charge is 0.417 e. The Morgan fingerprint density at radius 3 is 2.35 bits per heavy atom. The average Bonchev–Trinajstić information content (AvgIpc) is 2.49. The molecule has 1 aromatic carbocycles. The molecule has 0 aliphatic heterocycles. The second-order valence-corrected chi connectivity index (χ2v) is 4.80. The lowest BCUT2D eigenvalue weighted by Crippen LogP contribution is -2.21. The third-order valence-corrected chi connectivity index (χ3v) is 3.13. The number of aromatic nitrogens is 1. The second-order valence-electron chi connectivity index (χ2n) is 4.80. The van der Waals surface area contributed by atoms with Crippen LogP contribution in [-0.4, -0.2) is 17.1 Å². The van der Waals surface area contributed by atoms with Crippen molar-refractivity contribution in [1.29, 1.82) is 0 Å². The molecule has 0 N–H and O–H groups in total. The van der Waals surface area contributed by atoms with Crippen molar-refractivity contribution in [3.8, 4) is 0 Å². The van der Waals surface area contributed by atoms with Crippen LogP contribution in [0.3, 0.4) is 0 Å². The summed E-state index contributed by atoms with van der Waals surface area (Å²) >= 11 is 0. The van der Waals surface area contributed by atoms with Crippen molar-refractivity contribution < 1.29 is 22.7 Å². The summed E-state index contributed by atoms with van der Waals surface area (Å²) in [7, 11) is 0. The zero-order valence-electron chi connectivity index (χ0n) is 12.3. The van der Waals surface area contributed by atoms with E-state index < -0.39 is 23.3 Å². The van der Waals surface area contributed by atoms with E-state index in [2.05, 4.69) is 0 Å². The zero-order valence-corrected chi connectivity index (χ0v) is 12.3. The van der Waals surface area contributed by atoms with Crippen molar-refractivity contribution in [2.75, 3.05) is 6.61 Å². The summed E-state index contributed by atoms with van der Waals surface area (Å²) in [6.07, 6.45) is -3.73. The molecule has 0 aliphatic rings. The third kappa shape index (κ3) is 4.21. The summed E-state index contributed by atoms with van der Waals surface area (Å²) in [6.45, 7) is 1.92. The fourth-order valence-electron chi connectivity index (χ4n) is 1.98. The Bertz CT molecular complexity index is 748. The molecule has 2 aromatic rings. The molecule has 0 saturated carbocycles. The van der Waals surface area contributed by atoms with E-state index in [4.69, 9.17) is 4.74 Å². The molecule has 4 nitrogen and oxygen atoms in total. The van der Waals surface area contributed by atoms with Gasteiger partial charge in [-0.25, -0.2) is 4.79 Å². The second kappa shape index (κ2) is 6.68. The molecule has 122 valence electrons. The maximum atomic E-state index is 12.7. The van der Waals surface area contributed by atoms with E-state index in [1.165, 1.54) is 12.1 Å². The van der Waals surface area contributed by atoms with Crippen LogP contribution in [0.15, 0.2) is 47.4 Å². The van der Waals surface area contributed by atoms with E-state index in [-0.39, 0.29) is 13.2 Å². The number of ether oxygens (including phenoxy) is 1. The Balaban J connectivity index is 2.22. The van der Waals surface area contributed by atoms with Crippen molar-refractivity contribution in [2.45, 2.75) is 19.6 Å². The summed E-state index contributed by atoms with van der Waals surface area (Å²) < 4.78 is 43.9. The lowest BCUT2D eigenvalue weighted by molar-refractivity contribution is -0.138. The van der Waals surface area contributed by atoms with Gasteiger partial charge in [0.15, 0.2) is 0 Å². The van der Waals surface area contributed by atoms with Crippen LogP contribution in [0.4, 0.5) is 13.2 Å². The van der Waals surface area contributed by atoms with Gasteiger partial charge in [0.25, 0.3) is 5.56 Å². The van der Waals surface area contributed by atoms with Gasteiger partial charge in [-0.15, -0.1) is 0 Å². The first-order valence-corrected chi connectivity index (χ1v) is 6.85. The molecule has 0 unspecified atom stereocenters. The first-order valence-electron chi connectivity index (χ1n) is 6.85. The number of hydrogen-bond donors (Lipinski definition) is 0. The van der Waals surface area contributed by atoms with Crippen molar-refractivity contribution in [3.05, 3.63) is 69.6 Å². The maximum Gasteiger partial charge on any atom is 0.417 e. The number of carbonyl (C=O) groups excluding carboxylic acids is 1. The topological polar surface area (TPSA) is 48.3 Å². The number of esters is 1. The summed E-state index contributed by atoms with van der Waals surface area (Å²) in [5.41, 5.74) is -0.487. The van der Waals surface area contributed by atoms with Gasteiger partial charge >= 0.3 is 12.1 Å². The molecule has 7 heteroatoms. The van der Waals surface area contributed by atoms with Gasteiger partial charge in [-0.2, -0.15) is 13.2 Å². The Labute approximate surface area is 130 Å². The number of halogens is 3. The molecular formula is C16H14F3NO3. The van der Waals surface area contributed by atoms with Crippen molar-refractivity contribution >= 4 is 5.97 Å². The molecule has 1 heterocycles. The molecule has 1 aromatic heterocycles. The molecule has 0 fully saturated rings. The summed E-state index contributed by atoms with van der Waals surface area (Å²) in [5, 5.41) is 0. The zero-order chi connectivity index (χ0) is 17.0. The Morgan fingerprint density at radius 1 is 1.13 bits per heavy atom. The molecule has 0 spiro atoms. The van der Waals surface area contributed by atoms with Crippen LogP contribution in [-0.2, 0) is 17.5 Å². The fourth-order valence-corrected chi connectivity index (χ4v) is 1.98. The highest BCUT2D eigenvalue weighted by Gasteiger charge is 2.31. The molecular weight excluding hydrogens is 311 g/mol. The van der Waals surface area contributed by atoms with Gasteiger partial charge in [0.1, 0.15) is 0 Å². The number of hydrogen-bond acceptors (Lipinski definition) is 3. The number of rotatable bonds is 4. The van der Waals surface area contributed by atoms with E-state index in [1.807, 2.05) is 0 Å². The van der Waals surface area contributed by atoms with Gasteiger partial charge in [0.2, 0.25) is 0 Å². The standard InChI is InChI=1S/C16H14F3NO3/c1-2-23-15(22)12-5-3-11(4-6-12)9-20-10-13(16(17,18)19)7-8-14(20)21/h3-8,10H,2,9H2,1H3. The number of pyridine rings is 1. The van der Waals surface area contributed by atoms with Crippen LogP contribution >= 0.6 is 0 Å². The quantitative estimate of drug-likeness (QED) is 0.812. The minimum absolute atomic E-state index is 0.0220. The first kappa shape index (κ1) is 16.8. The van der Waals surface area contributed by atoms with E-state index in [0.717, 1.165) is 22.9 Å². The number of alkyl halides is 3. The molecule has 0 saturated heterocycles. The SMILES string of the molecule is CCOC(=O)c1ccc(Cn2cc(C(F)(F)F)ccc2=O)cc1. The Hall–Kier alpha value is -2.57. The van der Waals surface area contributed by atoms with E-state index >= 15 is 0 Å². The monoisotopic (exact) mass is 325 g/mol. The average molecular weight is 325 g/mol. The van der Waals surface area contributed by atoms with Crippen LogP contribution in [0.5, 0.6) is 0 Å². The van der Waals surface area contributed by atoms with Crippen LogP contribution in [0.2, 0.25) is 0 Å².